The molecule has 0 spiro atoms. The zero-order chi connectivity index (χ0) is 21.5. The Hall–Kier alpha value is -1.55. The molecule has 0 aromatic carbocycles. The molecule has 0 bridgehead atoms. The molecule has 3 aliphatic rings. The summed E-state index contributed by atoms with van der Waals surface area (Å²) in [6.07, 6.45) is 7.67. The van der Waals surface area contributed by atoms with Crippen molar-refractivity contribution in [1.82, 2.24) is 0 Å². The molecule has 3 rings (SSSR count). The molecule has 1 saturated carbocycles. The van der Waals surface area contributed by atoms with E-state index in [0.29, 0.717) is 12.3 Å². The van der Waals surface area contributed by atoms with Crippen LogP contribution in [-0.4, -0.2) is 22.3 Å². The Morgan fingerprint density at radius 3 is 2.45 bits per heavy atom. The van der Waals surface area contributed by atoms with Gasteiger partial charge in [-0.2, -0.15) is 0 Å². The van der Waals surface area contributed by atoms with Crippen LogP contribution >= 0.6 is 0 Å². The molecule has 2 N–H and O–H groups in total. The molecular formula is C25H38O4. The van der Waals surface area contributed by atoms with Crippen LogP contribution in [0.1, 0.15) is 73.6 Å². The SMILES string of the molecule is CC1=CC(O)=CC(C)C1C1=C(OC(O)C(C)(C)C)C2C(CCCC[C@H]2C)CC1=O. The maximum absolute atomic E-state index is 13.5. The normalized spacial score (nSPS) is 34.7. The second kappa shape index (κ2) is 8.29. The highest BCUT2D eigenvalue weighted by molar-refractivity contribution is 5.98. The summed E-state index contributed by atoms with van der Waals surface area (Å²) in [6.45, 7) is 12.1. The summed E-state index contributed by atoms with van der Waals surface area (Å²) in [7, 11) is 0. The fourth-order valence-electron chi connectivity index (χ4n) is 5.47. The van der Waals surface area contributed by atoms with Crippen molar-refractivity contribution in [3.8, 4) is 0 Å². The third-order valence-electron chi connectivity index (χ3n) is 7.04. The van der Waals surface area contributed by atoms with E-state index in [2.05, 4.69) is 6.92 Å². The van der Waals surface area contributed by atoms with E-state index in [-0.39, 0.29) is 35.2 Å². The van der Waals surface area contributed by atoms with Gasteiger partial charge in [0.2, 0.25) is 6.29 Å². The fourth-order valence-corrected chi connectivity index (χ4v) is 5.47. The van der Waals surface area contributed by atoms with Crippen LogP contribution in [0, 0.1) is 35.0 Å². The standard InChI is InChI=1S/C25H38O4/c1-14-9-7-8-10-17-13-19(27)22(20-15(2)11-18(26)12-16(20)3)23(21(14)17)29-24(28)25(4,5)6/h11-12,14-15,17,20-21,24,26,28H,7-10,13H2,1-6H3/t14-,15?,17?,20?,21?,24?/m1/s1. The maximum Gasteiger partial charge on any atom is 0.201 e. The summed E-state index contributed by atoms with van der Waals surface area (Å²) in [4.78, 5) is 13.5. The van der Waals surface area contributed by atoms with Gasteiger partial charge < -0.3 is 14.9 Å². The Kier molecular flexibility index (Phi) is 6.33. The highest BCUT2D eigenvalue weighted by atomic mass is 16.6. The molecular weight excluding hydrogens is 364 g/mol. The van der Waals surface area contributed by atoms with E-state index in [1.54, 1.807) is 6.08 Å². The lowest BCUT2D eigenvalue weighted by Gasteiger charge is -2.42. The topological polar surface area (TPSA) is 66.8 Å². The molecule has 0 aliphatic heterocycles. The van der Waals surface area contributed by atoms with Gasteiger partial charge in [-0.3, -0.25) is 4.79 Å². The van der Waals surface area contributed by atoms with Crippen molar-refractivity contribution >= 4 is 5.78 Å². The van der Waals surface area contributed by atoms with Crippen LogP contribution in [0.3, 0.4) is 0 Å². The Balaban J connectivity index is 2.14. The van der Waals surface area contributed by atoms with E-state index in [0.717, 1.165) is 36.2 Å². The Morgan fingerprint density at radius 2 is 1.83 bits per heavy atom. The number of ketones is 1. The molecule has 0 amide bonds. The predicted octanol–water partition coefficient (Wildman–Crippen LogP) is 5.69. The van der Waals surface area contributed by atoms with E-state index >= 15 is 0 Å². The minimum absolute atomic E-state index is 0.00182. The smallest absolute Gasteiger partial charge is 0.201 e. The van der Waals surface area contributed by atoms with Gasteiger partial charge in [-0.1, -0.05) is 59.5 Å². The number of aliphatic hydroxyl groups excluding tert-OH is 2. The monoisotopic (exact) mass is 402 g/mol. The summed E-state index contributed by atoms with van der Waals surface area (Å²) in [5, 5.41) is 20.9. The minimum Gasteiger partial charge on any atom is -0.508 e. The van der Waals surface area contributed by atoms with E-state index in [9.17, 15) is 15.0 Å². The molecule has 4 nitrogen and oxygen atoms in total. The summed E-state index contributed by atoms with van der Waals surface area (Å²) in [5.74, 6) is 1.89. The van der Waals surface area contributed by atoms with Crippen molar-refractivity contribution in [2.75, 3.05) is 0 Å². The number of carbonyl (C=O) groups excluding carboxylic acids is 1. The van der Waals surface area contributed by atoms with Crippen LogP contribution in [0.4, 0.5) is 0 Å². The first kappa shape index (κ1) is 22.1. The largest absolute Gasteiger partial charge is 0.508 e. The molecule has 29 heavy (non-hydrogen) atoms. The van der Waals surface area contributed by atoms with E-state index in [1.165, 1.54) is 6.42 Å². The number of Topliss-reactive ketones (excluding diaryl/α,β-unsaturated/α-hetero) is 1. The van der Waals surface area contributed by atoms with Crippen molar-refractivity contribution < 1.29 is 19.7 Å². The number of allylic oxidation sites excluding steroid dienone is 5. The number of fused-ring (bicyclic) bond motifs is 1. The second-order valence-electron chi connectivity index (χ2n) is 10.6. The summed E-state index contributed by atoms with van der Waals surface area (Å²) >= 11 is 0. The molecule has 4 heteroatoms. The average Bonchev–Trinajstić information content (AvgIpc) is 2.76. The number of hydrogen-bond acceptors (Lipinski definition) is 4. The summed E-state index contributed by atoms with van der Waals surface area (Å²) in [5.41, 5.74) is 1.27. The highest BCUT2D eigenvalue weighted by Crippen LogP contribution is 2.49. The molecule has 5 unspecified atom stereocenters. The summed E-state index contributed by atoms with van der Waals surface area (Å²) < 4.78 is 6.31. The lowest BCUT2D eigenvalue weighted by atomic mass is 9.66. The number of hydrogen-bond donors (Lipinski definition) is 2. The van der Waals surface area contributed by atoms with Gasteiger partial charge in [0.25, 0.3) is 0 Å². The van der Waals surface area contributed by atoms with Crippen molar-refractivity contribution in [3.05, 3.63) is 34.8 Å². The van der Waals surface area contributed by atoms with E-state index < -0.39 is 11.7 Å². The molecule has 162 valence electrons. The molecule has 0 radical (unpaired) electrons. The highest BCUT2D eigenvalue weighted by Gasteiger charge is 2.45. The quantitative estimate of drug-likeness (QED) is 0.595. The second-order valence-corrected chi connectivity index (χ2v) is 10.6. The third-order valence-corrected chi connectivity index (χ3v) is 7.04. The molecule has 3 aliphatic carbocycles. The van der Waals surface area contributed by atoms with Crippen LogP contribution in [0.15, 0.2) is 34.8 Å². The van der Waals surface area contributed by atoms with Gasteiger partial charge in [-0.05, 0) is 43.3 Å². The van der Waals surface area contributed by atoms with Gasteiger partial charge in [0.05, 0.1) is 0 Å². The Labute approximate surface area is 175 Å². The molecule has 1 fully saturated rings. The van der Waals surface area contributed by atoms with Crippen LogP contribution in [-0.2, 0) is 9.53 Å². The van der Waals surface area contributed by atoms with Crippen molar-refractivity contribution in [2.24, 2.45) is 35.0 Å². The van der Waals surface area contributed by atoms with Crippen LogP contribution < -0.4 is 0 Å². The predicted molar refractivity (Wildman–Crippen MR) is 115 cm³/mol. The molecule has 0 saturated heterocycles. The Bertz CT molecular complexity index is 736. The van der Waals surface area contributed by atoms with Gasteiger partial charge in [0.1, 0.15) is 11.5 Å². The third kappa shape index (κ3) is 4.47. The van der Waals surface area contributed by atoms with Crippen molar-refractivity contribution in [3.63, 3.8) is 0 Å². The van der Waals surface area contributed by atoms with Gasteiger partial charge in [-0.25, -0.2) is 0 Å². The average molecular weight is 403 g/mol. The number of ether oxygens (including phenoxy) is 1. The number of aliphatic hydroxyl groups is 2. The zero-order valence-corrected chi connectivity index (χ0v) is 18.9. The van der Waals surface area contributed by atoms with E-state index in [1.807, 2.05) is 40.7 Å². The lowest BCUT2D eigenvalue weighted by Crippen LogP contribution is -2.40. The van der Waals surface area contributed by atoms with Crippen LogP contribution in [0.25, 0.3) is 0 Å². The number of carbonyl (C=O) groups is 1. The summed E-state index contributed by atoms with van der Waals surface area (Å²) in [6, 6.07) is 0. The van der Waals surface area contributed by atoms with Gasteiger partial charge >= 0.3 is 0 Å². The van der Waals surface area contributed by atoms with Crippen LogP contribution in [0.2, 0.25) is 0 Å². The zero-order valence-electron chi connectivity index (χ0n) is 18.9. The van der Waals surface area contributed by atoms with Gasteiger partial charge in [-0.15, -0.1) is 0 Å². The maximum atomic E-state index is 13.5. The molecule has 6 atom stereocenters. The first-order chi connectivity index (χ1) is 13.5. The molecule has 0 heterocycles. The van der Waals surface area contributed by atoms with E-state index in [4.69, 9.17) is 4.74 Å². The van der Waals surface area contributed by atoms with Crippen molar-refractivity contribution in [1.29, 1.82) is 0 Å². The first-order valence-electron chi connectivity index (χ1n) is 11.2. The van der Waals surface area contributed by atoms with Crippen LogP contribution in [0.5, 0.6) is 0 Å². The lowest BCUT2D eigenvalue weighted by molar-refractivity contribution is -0.148. The molecule has 0 aromatic rings. The van der Waals surface area contributed by atoms with Gasteiger partial charge in [0, 0.05) is 29.2 Å². The number of rotatable bonds is 3. The van der Waals surface area contributed by atoms with Crippen molar-refractivity contribution in [2.45, 2.75) is 79.9 Å². The first-order valence-corrected chi connectivity index (χ1v) is 11.2. The molecule has 0 aromatic heterocycles. The fraction of sp³-hybridized carbons (Fsp3) is 0.720. The Morgan fingerprint density at radius 1 is 1.17 bits per heavy atom. The minimum atomic E-state index is -0.971. The van der Waals surface area contributed by atoms with Gasteiger partial charge in [0.15, 0.2) is 5.78 Å².